The minimum Gasteiger partial charge on any atom is -0.444 e. The zero-order chi connectivity index (χ0) is 15.9. The molecule has 0 saturated carbocycles. The third-order valence-corrected chi connectivity index (χ3v) is 3.68. The van der Waals surface area contributed by atoms with E-state index in [1.54, 1.807) is 0 Å². The van der Waals surface area contributed by atoms with Crippen molar-refractivity contribution < 1.29 is 9.53 Å². The number of piperidine rings is 1. The number of nitrogens with one attached hydrogen (secondary N) is 1. The number of nitrogens with zero attached hydrogens (tertiary/aromatic N) is 2. The smallest absolute Gasteiger partial charge is 0.410 e. The maximum atomic E-state index is 12.1. The monoisotopic (exact) mass is 299 g/mol. The summed E-state index contributed by atoms with van der Waals surface area (Å²) >= 11 is 0. The van der Waals surface area contributed by atoms with E-state index < -0.39 is 5.60 Å². The van der Waals surface area contributed by atoms with Crippen molar-refractivity contribution in [1.29, 1.82) is 0 Å². The summed E-state index contributed by atoms with van der Waals surface area (Å²) in [5.74, 6) is 0. The number of likely N-dealkylation sites (tertiary alicyclic amines) is 1. The standard InChI is InChI=1S/C16H33N3O2/c1-6-10-19(15(20)21-16(2,3)4)13-9-17-14-7-11-18(5)12-8-14/h14,17H,6-13H2,1-5H3. The molecule has 0 atom stereocenters. The Bertz CT molecular complexity index is 307. The second-order valence-electron chi connectivity index (χ2n) is 7.00. The van der Waals surface area contributed by atoms with Crippen LogP contribution in [-0.4, -0.2) is 67.3 Å². The largest absolute Gasteiger partial charge is 0.444 e. The minimum absolute atomic E-state index is 0.200. The molecule has 5 heteroatoms. The van der Waals surface area contributed by atoms with Gasteiger partial charge < -0.3 is 19.9 Å². The molecule has 1 N–H and O–H groups in total. The van der Waals surface area contributed by atoms with E-state index >= 15 is 0 Å². The highest BCUT2D eigenvalue weighted by molar-refractivity contribution is 5.68. The Morgan fingerprint density at radius 3 is 2.43 bits per heavy atom. The van der Waals surface area contributed by atoms with Gasteiger partial charge in [-0.05, 0) is 60.2 Å². The summed E-state index contributed by atoms with van der Waals surface area (Å²) < 4.78 is 5.46. The van der Waals surface area contributed by atoms with Gasteiger partial charge in [0.15, 0.2) is 0 Å². The number of carbonyl (C=O) groups excluding carboxylic acids is 1. The molecule has 0 aromatic heterocycles. The predicted molar refractivity (Wildman–Crippen MR) is 86.6 cm³/mol. The first-order valence-electron chi connectivity index (χ1n) is 8.21. The van der Waals surface area contributed by atoms with Crippen LogP contribution < -0.4 is 5.32 Å². The summed E-state index contributed by atoms with van der Waals surface area (Å²) in [4.78, 5) is 16.3. The fourth-order valence-corrected chi connectivity index (χ4v) is 2.51. The van der Waals surface area contributed by atoms with E-state index in [-0.39, 0.29) is 6.09 Å². The Balaban J connectivity index is 2.32. The molecule has 1 fully saturated rings. The number of ether oxygens (including phenoxy) is 1. The summed E-state index contributed by atoms with van der Waals surface area (Å²) in [5.41, 5.74) is -0.426. The second-order valence-corrected chi connectivity index (χ2v) is 7.00. The molecule has 0 radical (unpaired) electrons. The molecule has 124 valence electrons. The number of hydrogen-bond donors (Lipinski definition) is 1. The molecule has 0 aromatic carbocycles. The third kappa shape index (κ3) is 7.67. The van der Waals surface area contributed by atoms with Gasteiger partial charge in [0.25, 0.3) is 0 Å². The summed E-state index contributed by atoms with van der Waals surface area (Å²) in [5, 5.41) is 3.57. The van der Waals surface area contributed by atoms with Crippen LogP contribution >= 0.6 is 0 Å². The van der Waals surface area contributed by atoms with E-state index in [2.05, 4.69) is 24.2 Å². The summed E-state index contributed by atoms with van der Waals surface area (Å²) in [7, 11) is 2.17. The number of carbonyl (C=O) groups is 1. The average Bonchev–Trinajstić information content (AvgIpc) is 2.38. The Kier molecular flexibility index (Phi) is 7.46. The zero-order valence-corrected chi connectivity index (χ0v) is 14.4. The fourth-order valence-electron chi connectivity index (χ4n) is 2.51. The van der Waals surface area contributed by atoms with Crippen molar-refractivity contribution in [1.82, 2.24) is 15.1 Å². The zero-order valence-electron chi connectivity index (χ0n) is 14.4. The first kappa shape index (κ1) is 18.2. The van der Waals surface area contributed by atoms with Crippen LogP contribution in [0.3, 0.4) is 0 Å². The normalized spacial score (nSPS) is 17.8. The SMILES string of the molecule is CCCN(CCNC1CCN(C)CC1)C(=O)OC(C)(C)C. The highest BCUT2D eigenvalue weighted by Crippen LogP contribution is 2.11. The molecule has 1 rings (SSSR count). The van der Waals surface area contributed by atoms with Gasteiger partial charge in [0, 0.05) is 25.7 Å². The van der Waals surface area contributed by atoms with Crippen molar-refractivity contribution in [2.45, 2.75) is 58.6 Å². The highest BCUT2D eigenvalue weighted by Gasteiger charge is 2.22. The van der Waals surface area contributed by atoms with Crippen LogP contribution in [0, 0.1) is 0 Å². The molecule has 1 amide bonds. The number of amides is 1. The molecular weight excluding hydrogens is 266 g/mol. The fraction of sp³-hybridized carbons (Fsp3) is 0.938. The van der Waals surface area contributed by atoms with E-state index in [0.717, 1.165) is 39.1 Å². The van der Waals surface area contributed by atoms with Crippen LogP contribution in [-0.2, 0) is 4.74 Å². The first-order valence-corrected chi connectivity index (χ1v) is 8.21. The lowest BCUT2D eigenvalue weighted by molar-refractivity contribution is 0.0249. The van der Waals surface area contributed by atoms with Crippen molar-refractivity contribution in [3.8, 4) is 0 Å². The van der Waals surface area contributed by atoms with Gasteiger partial charge in [0.1, 0.15) is 5.60 Å². The molecule has 1 aliphatic rings. The maximum absolute atomic E-state index is 12.1. The van der Waals surface area contributed by atoms with E-state index in [9.17, 15) is 4.79 Å². The van der Waals surface area contributed by atoms with Crippen molar-refractivity contribution in [2.24, 2.45) is 0 Å². The molecular formula is C16H33N3O2. The molecule has 5 nitrogen and oxygen atoms in total. The predicted octanol–water partition coefficient (Wildman–Crippen LogP) is 2.32. The van der Waals surface area contributed by atoms with Gasteiger partial charge in [0.05, 0.1) is 0 Å². The first-order chi connectivity index (χ1) is 9.81. The van der Waals surface area contributed by atoms with Gasteiger partial charge in [-0.3, -0.25) is 0 Å². The van der Waals surface area contributed by atoms with E-state index in [1.807, 2.05) is 25.7 Å². The van der Waals surface area contributed by atoms with Gasteiger partial charge in [-0.1, -0.05) is 6.92 Å². The molecule has 0 spiro atoms. The second kappa shape index (κ2) is 8.59. The van der Waals surface area contributed by atoms with E-state index in [0.29, 0.717) is 6.04 Å². The maximum Gasteiger partial charge on any atom is 0.410 e. The van der Waals surface area contributed by atoms with Crippen LogP contribution in [0.15, 0.2) is 0 Å². The van der Waals surface area contributed by atoms with Crippen molar-refractivity contribution in [2.75, 3.05) is 39.8 Å². The van der Waals surface area contributed by atoms with E-state index in [1.165, 1.54) is 12.8 Å². The van der Waals surface area contributed by atoms with Gasteiger partial charge in [-0.25, -0.2) is 4.79 Å². The Morgan fingerprint density at radius 1 is 1.29 bits per heavy atom. The van der Waals surface area contributed by atoms with E-state index in [4.69, 9.17) is 4.74 Å². The molecule has 0 bridgehead atoms. The quantitative estimate of drug-likeness (QED) is 0.817. The third-order valence-electron chi connectivity index (χ3n) is 3.68. The highest BCUT2D eigenvalue weighted by atomic mass is 16.6. The molecule has 0 aromatic rings. The van der Waals surface area contributed by atoms with Gasteiger partial charge >= 0.3 is 6.09 Å². The summed E-state index contributed by atoms with van der Waals surface area (Å²) in [6, 6.07) is 0.586. The van der Waals surface area contributed by atoms with Crippen LogP contribution in [0.2, 0.25) is 0 Å². The number of hydrogen-bond acceptors (Lipinski definition) is 4. The van der Waals surface area contributed by atoms with Gasteiger partial charge in [0.2, 0.25) is 0 Å². The minimum atomic E-state index is -0.426. The topological polar surface area (TPSA) is 44.8 Å². The lowest BCUT2D eigenvalue weighted by atomic mass is 10.1. The molecule has 1 saturated heterocycles. The van der Waals surface area contributed by atoms with Gasteiger partial charge in [-0.2, -0.15) is 0 Å². The van der Waals surface area contributed by atoms with Crippen molar-refractivity contribution >= 4 is 6.09 Å². The van der Waals surface area contributed by atoms with Crippen LogP contribution in [0.1, 0.15) is 47.0 Å². The Labute approximate surface area is 130 Å². The number of rotatable bonds is 6. The Morgan fingerprint density at radius 2 is 1.90 bits per heavy atom. The van der Waals surface area contributed by atoms with Crippen LogP contribution in [0.4, 0.5) is 4.79 Å². The van der Waals surface area contributed by atoms with Crippen LogP contribution in [0.5, 0.6) is 0 Å². The molecule has 0 unspecified atom stereocenters. The molecule has 1 heterocycles. The molecule has 0 aliphatic carbocycles. The van der Waals surface area contributed by atoms with Crippen molar-refractivity contribution in [3.63, 3.8) is 0 Å². The molecule has 21 heavy (non-hydrogen) atoms. The summed E-state index contributed by atoms with van der Waals surface area (Å²) in [6.45, 7) is 12.4. The van der Waals surface area contributed by atoms with Crippen LogP contribution in [0.25, 0.3) is 0 Å². The lowest BCUT2D eigenvalue weighted by Crippen LogP contribution is -2.45. The lowest BCUT2D eigenvalue weighted by Gasteiger charge is -2.31. The average molecular weight is 299 g/mol. The molecule has 1 aliphatic heterocycles. The van der Waals surface area contributed by atoms with Gasteiger partial charge in [-0.15, -0.1) is 0 Å². The summed E-state index contributed by atoms with van der Waals surface area (Å²) in [6.07, 6.45) is 3.13. The van der Waals surface area contributed by atoms with Crippen molar-refractivity contribution in [3.05, 3.63) is 0 Å². The Hall–Kier alpha value is -0.810.